The molecule has 1 aliphatic rings. The summed E-state index contributed by atoms with van der Waals surface area (Å²) in [7, 11) is -3.59. The molecule has 1 saturated heterocycles. The standard InChI is InChI=1S/C12H16Cl2N2O2S/c13-10-6-9(8-15)12(14)11(7-10)19(17,18)16-4-2-1-3-5-16/h6-7H,1-5,8,15H2. The van der Waals surface area contributed by atoms with E-state index in [0.717, 1.165) is 19.3 Å². The van der Waals surface area contributed by atoms with Gasteiger partial charge >= 0.3 is 0 Å². The molecule has 0 atom stereocenters. The second-order valence-electron chi connectivity index (χ2n) is 4.55. The first-order chi connectivity index (χ1) is 8.96. The summed E-state index contributed by atoms with van der Waals surface area (Å²) in [4.78, 5) is 0.0593. The molecular formula is C12H16Cl2N2O2S. The normalized spacial score (nSPS) is 17.6. The van der Waals surface area contributed by atoms with Crippen molar-refractivity contribution in [2.75, 3.05) is 13.1 Å². The van der Waals surface area contributed by atoms with E-state index in [4.69, 9.17) is 28.9 Å². The zero-order valence-corrected chi connectivity index (χ0v) is 12.7. The molecule has 1 aromatic rings. The highest BCUT2D eigenvalue weighted by atomic mass is 35.5. The number of halogens is 2. The van der Waals surface area contributed by atoms with Gasteiger partial charge in [-0.05, 0) is 30.5 Å². The van der Waals surface area contributed by atoms with Gasteiger partial charge in [-0.1, -0.05) is 29.6 Å². The second kappa shape index (κ2) is 5.97. The van der Waals surface area contributed by atoms with E-state index in [9.17, 15) is 8.42 Å². The van der Waals surface area contributed by atoms with Gasteiger partial charge in [0.05, 0.1) is 5.02 Å². The van der Waals surface area contributed by atoms with Gasteiger partial charge < -0.3 is 5.73 Å². The lowest BCUT2D eigenvalue weighted by atomic mass is 10.2. The average molecular weight is 323 g/mol. The Morgan fingerprint density at radius 2 is 1.79 bits per heavy atom. The highest BCUT2D eigenvalue weighted by Crippen LogP contribution is 2.32. The Morgan fingerprint density at radius 3 is 2.37 bits per heavy atom. The molecule has 4 nitrogen and oxygen atoms in total. The molecule has 2 N–H and O–H groups in total. The molecule has 1 heterocycles. The number of hydrogen-bond donors (Lipinski definition) is 1. The van der Waals surface area contributed by atoms with Crippen molar-refractivity contribution < 1.29 is 8.42 Å². The summed E-state index contributed by atoms with van der Waals surface area (Å²) in [5.41, 5.74) is 6.10. The van der Waals surface area contributed by atoms with Crippen molar-refractivity contribution in [2.24, 2.45) is 5.73 Å². The third-order valence-corrected chi connectivity index (χ3v) is 5.93. The van der Waals surface area contributed by atoms with E-state index in [1.807, 2.05) is 0 Å². The smallest absolute Gasteiger partial charge is 0.244 e. The maximum atomic E-state index is 12.6. The van der Waals surface area contributed by atoms with E-state index >= 15 is 0 Å². The Labute approximate surface area is 123 Å². The molecule has 2 rings (SSSR count). The Bertz CT molecular complexity index is 569. The van der Waals surface area contributed by atoms with Crippen molar-refractivity contribution in [1.29, 1.82) is 0 Å². The fourth-order valence-electron chi connectivity index (χ4n) is 2.20. The Hall–Kier alpha value is -0.330. The van der Waals surface area contributed by atoms with Crippen molar-refractivity contribution in [1.82, 2.24) is 4.31 Å². The summed E-state index contributed by atoms with van der Waals surface area (Å²) in [6, 6.07) is 2.99. The molecule has 1 aliphatic heterocycles. The topological polar surface area (TPSA) is 63.4 Å². The monoisotopic (exact) mass is 322 g/mol. The largest absolute Gasteiger partial charge is 0.326 e. The van der Waals surface area contributed by atoms with Crippen LogP contribution in [0.25, 0.3) is 0 Å². The SMILES string of the molecule is NCc1cc(Cl)cc(S(=O)(=O)N2CCCCC2)c1Cl. The first-order valence-electron chi connectivity index (χ1n) is 6.15. The zero-order valence-electron chi connectivity index (χ0n) is 10.4. The number of nitrogens with zero attached hydrogens (tertiary/aromatic N) is 1. The van der Waals surface area contributed by atoms with Crippen LogP contribution in [0.3, 0.4) is 0 Å². The van der Waals surface area contributed by atoms with Crippen LogP contribution in [-0.2, 0) is 16.6 Å². The van der Waals surface area contributed by atoms with Crippen molar-refractivity contribution >= 4 is 33.2 Å². The van der Waals surface area contributed by atoms with Gasteiger partial charge in [-0.25, -0.2) is 8.42 Å². The maximum absolute atomic E-state index is 12.6. The van der Waals surface area contributed by atoms with E-state index in [-0.39, 0.29) is 16.5 Å². The fourth-order valence-corrected chi connectivity index (χ4v) is 4.63. The van der Waals surface area contributed by atoms with Gasteiger partial charge in [-0.2, -0.15) is 4.31 Å². The van der Waals surface area contributed by atoms with Crippen LogP contribution >= 0.6 is 23.2 Å². The Balaban J connectivity index is 2.47. The second-order valence-corrected chi connectivity index (χ2v) is 7.27. The summed E-state index contributed by atoms with van der Waals surface area (Å²) in [6.07, 6.45) is 2.81. The number of nitrogens with two attached hydrogens (primary N) is 1. The molecule has 106 valence electrons. The van der Waals surface area contributed by atoms with Crippen LogP contribution in [0.2, 0.25) is 10.0 Å². The van der Waals surface area contributed by atoms with Crippen LogP contribution in [0.1, 0.15) is 24.8 Å². The van der Waals surface area contributed by atoms with Crippen LogP contribution < -0.4 is 5.73 Å². The quantitative estimate of drug-likeness (QED) is 0.930. The van der Waals surface area contributed by atoms with Gasteiger partial charge in [0, 0.05) is 24.7 Å². The number of rotatable bonds is 3. The van der Waals surface area contributed by atoms with Gasteiger partial charge in [0.15, 0.2) is 0 Å². The van der Waals surface area contributed by atoms with Crippen LogP contribution in [-0.4, -0.2) is 25.8 Å². The summed E-state index contributed by atoms with van der Waals surface area (Å²) in [6.45, 7) is 1.22. The predicted molar refractivity (Wildman–Crippen MR) is 77.0 cm³/mol. The number of benzene rings is 1. The van der Waals surface area contributed by atoms with Crippen LogP contribution in [0.4, 0.5) is 0 Å². The summed E-state index contributed by atoms with van der Waals surface area (Å²) < 4.78 is 26.6. The summed E-state index contributed by atoms with van der Waals surface area (Å²) in [5.74, 6) is 0. The third kappa shape index (κ3) is 3.06. The molecule has 0 aliphatic carbocycles. The minimum Gasteiger partial charge on any atom is -0.326 e. The fraction of sp³-hybridized carbons (Fsp3) is 0.500. The summed E-state index contributed by atoms with van der Waals surface area (Å²) in [5, 5.41) is 0.512. The molecule has 7 heteroatoms. The highest BCUT2D eigenvalue weighted by Gasteiger charge is 2.29. The van der Waals surface area contributed by atoms with Gasteiger partial charge in [0.1, 0.15) is 4.90 Å². The molecule has 0 aromatic heterocycles. The average Bonchev–Trinajstić information content (AvgIpc) is 2.41. The molecule has 0 amide bonds. The first kappa shape index (κ1) is 15.1. The van der Waals surface area contributed by atoms with Crippen molar-refractivity contribution in [3.05, 3.63) is 27.7 Å². The van der Waals surface area contributed by atoms with Crippen molar-refractivity contribution in [3.63, 3.8) is 0 Å². The molecule has 0 radical (unpaired) electrons. The lowest BCUT2D eigenvalue weighted by Gasteiger charge is -2.26. The minimum absolute atomic E-state index is 0.0593. The zero-order chi connectivity index (χ0) is 14.0. The number of sulfonamides is 1. The summed E-state index contributed by atoms with van der Waals surface area (Å²) >= 11 is 12.1. The van der Waals surface area contributed by atoms with Crippen LogP contribution in [0.5, 0.6) is 0 Å². The number of hydrogen-bond acceptors (Lipinski definition) is 3. The van der Waals surface area contributed by atoms with Gasteiger partial charge in [-0.3, -0.25) is 0 Å². The van der Waals surface area contributed by atoms with Crippen LogP contribution in [0, 0.1) is 0 Å². The van der Waals surface area contributed by atoms with E-state index in [2.05, 4.69) is 0 Å². The van der Waals surface area contributed by atoms with Gasteiger partial charge in [0.2, 0.25) is 10.0 Å². The van der Waals surface area contributed by atoms with E-state index < -0.39 is 10.0 Å². The highest BCUT2D eigenvalue weighted by molar-refractivity contribution is 7.89. The first-order valence-corrected chi connectivity index (χ1v) is 8.34. The predicted octanol–water partition coefficient (Wildman–Crippen LogP) is 2.63. The van der Waals surface area contributed by atoms with Crippen LogP contribution in [0.15, 0.2) is 17.0 Å². The Morgan fingerprint density at radius 1 is 1.16 bits per heavy atom. The van der Waals surface area contributed by atoms with E-state index in [1.165, 1.54) is 10.4 Å². The van der Waals surface area contributed by atoms with Crippen molar-refractivity contribution in [3.8, 4) is 0 Å². The molecule has 19 heavy (non-hydrogen) atoms. The molecule has 1 fully saturated rings. The lowest BCUT2D eigenvalue weighted by Crippen LogP contribution is -2.35. The maximum Gasteiger partial charge on any atom is 0.244 e. The molecule has 0 spiro atoms. The van der Waals surface area contributed by atoms with E-state index in [0.29, 0.717) is 23.7 Å². The van der Waals surface area contributed by atoms with Gasteiger partial charge in [0.25, 0.3) is 0 Å². The van der Waals surface area contributed by atoms with E-state index in [1.54, 1.807) is 6.07 Å². The Kier molecular flexibility index (Phi) is 4.74. The lowest BCUT2D eigenvalue weighted by molar-refractivity contribution is 0.346. The third-order valence-electron chi connectivity index (χ3n) is 3.23. The van der Waals surface area contributed by atoms with Crippen molar-refractivity contribution in [2.45, 2.75) is 30.7 Å². The minimum atomic E-state index is -3.59. The molecular weight excluding hydrogens is 307 g/mol. The molecule has 0 unspecified atom stereocenters. The molecule has 0 saturated carbocycles. The number of piperidine rings is 1. The van der Waals surface area contributed by atoms with Gasteiger partial charge in [-0.15, -0.1) is 0 Å². The molecule has 0 bridgehead atoms. The molecule has 1 aromatic carbocycles.